The molecule has 2 heterocycles. The van der Waals surface area contributed by atoms with Gasteiger partial charge in [-0.1, -0.05) is 59.8 Å². The van der Waals surface area contributed by atoms with Crippen LogP contribution in [0.3, 0.4) is 0 Å². The van der Waals surface area contributed by atoms with E-state index in [9.17, 15) is 14.0 Å². The van der Waals surface area contributed by atoms with Gasteiger partial charge >= 0.3 is 0 Å². The van der Waals surface area contributed by atoms with Gasteiger partial charge in [-0.2, -0.15) is 0 Å². The lowest BCUT2D eigenvalue weighted by atomic mass is 9.73. The Kier molecular flexibility index (Phi) is 5.33. The lowest BCUT2D eigenvalue weighted by molar-refractivity contribution is 0.0762. The Hall–Kier alpha value is -3.64. The molecular weight excluding hydrogens is 443 g/mol. The Morgan fingerprint density at radius 2 is 1.57 bits per heavy atom. The number of hydrogen-bond acceptors (Lipinski definition) is 5. The van der Waals surface area contributed by atoms with Crippen LogP contribution in [0.5, 0.6) is 0 Å². The molecule has 1 aliphatic heterocycles. The van der Waals surface area contributed by atoms with Crippen LogP contribution in [0.4, 0.5) is 4.39 Å². The number of fused-ring (bicyclic) bond motifs is 2. The number of carbonyl (C=O) groups is 2. The van der Waals surface area contributed by atoms with Crippen molar-refractivity contribution in [3.8, 4) is 0 Å². The molecule has 0 saturated carbocycles. The van der Waals surface area contributed by atoms with Crippen LogP contribution >= 0.6 is 0 Å². The van der Waals surface area contributed by atoms with Crippen molar-refractivity contribution in [3.05, 3.63) is 101 Å². The van der Waals surface area contributed by atoms with Gasteiger partial charge < -0.3 is 9.42 Å². The number of hydrogen-bond donors (Lipinski definition) is 0. The van der Waals surface area contributed by atoms with E-state index in [1.807, 2.05) is 42.5 Å². The molecule has 0 amide bonds. The third-order valence-electron chi connectivity index (χ3n) is 7.70. The molecule has 1 fully saturated rings. The van der Waals surface area contributed by atoms with Crippen molar-refractivity contribution >= 4 is 22.5 Å². The van der Waals surface area contributed by atoms with Crippen molar-refractivity contribution in [1.29, 1.82) is 0 Å². The molecule has 5 nitrogen and oxygen atoms in total. The van der Waals surface area contributed by atoms with E-state index >= 15 is 0 Å². The molecule has 2 aliphatic rings. The highest BCUT2D eigenvalue weighted by molar-refractivity contribution is 6.33. The molecular formula is C29H25FN2O3. The van der Waals surface area contributed by atoms with Gasteiger partial charge in [0.2, 0.25) is 0 Å². The van der Waals surface area contributed by atoms with Gasteiger partial charge in [-0.3, -0.25) is 9.59 Å². The second-order valence-corrected chi connectivity index (χ2v) is 9.55. The van der Waals surface area contributed by atoms with Crippen molar-refractivity contribution in [1.82, 2.24) is 10.1 Å². The third kappa shape index (κ3) is 3.51. The van der Waals surface area contributed by atoms with Crippen LogP contribution in [0.1, 0.15) is 57.2 Å². The minimum atomic E-state index is -1.17. The second kappa shape index (κ2) is 8.54. The van der Waals surface area contributed by atoms with E-state index in [4.69, 9.17) is 4.52 Å². The first-order valence-corrected chi connectivity index (χ1v) is 12.1. The summed E-state index contributed by atoms with van der Waals surface area (Å²) in [5, 5.41) is 5.11. The zero-order valence-electron chi connectivity index (χ0n) is 19.2. The molecule has 1 aromatic heterocycles. The monoisotopic (exact) mass is 468 g/mol. The van der Waals surface area contributed by atoms with Gasteiger partial charge in [0.25, 0.3) is 0 Å². The maximum atomic E-state index is 13.7. The van der Waals surface area contributed by atoms with E-state index in [0.29, 0.717) is 29.7 Å². The highest BCUT2D eigenvalue weighted by Gasteiger charge is 2.53. The van der Waals surface area contributed by atoms with E-state index in [1.54, 1.807) is 18.2 Å². The molecule has 1 aliphatic carbocycles. The number of halogens is 1. The molecule has 0 radical (unpaired) electrons. The second-order valence-electron chi connectivity index (χ2n) is 9.55. The van der Waals surface area contributed by atoms with Crippen molar-refractivity contribution in [2.45, 2.75) is 30.6 Å². The summed E-state index contributed by atoms with van der Waals surface area (Å²) in [7, 11) is 0. The van der Waals surface area contributed by atoms with E-state index < -0.39 is 5.41 Å². The van der Waals surface area contributed by atoms with Gasteiger partial charge in [0, 0.05) is 28.5 Å². The number of piperidine rings is 1. The van der Waals surface area contributed by atoms with Gasteiger partial charge in [-0.15, -0.1) is 0 Å². The first-order valence-electron chi connectivity index (χ1n) is 12.1. The first kappa shape index (κ1) is 21.9. The summed E-state index contributed by atoms with van der Waals surface area (Å²) in [5.41, 5.74) is 2.00. The Balaban J connectivity index is 1.20. The van der Waals surface area contributed by atoms with Crippen LogP contribution in [0, 0.1) is 5.82 Å². The van der Waals surface area contributed by atoms with Crippen molar-refractivity contribution in [3.63, 3.8) is 0 Å². The molecule has 1 saturated heterocycles. The van der Waals surface area contributed by atoms with E-state index in [1.165, 1.54) is 12.1 Å². The van der Waals surface area contributed by atoms with Crippen LogP contribution in [-0.2, 0) is 5.41 Å². The predicted molar refractivity (Wildman–Crippen MR) is 130 cm³/mol. The predicted octanol–water partition coefficient (Wildman–Crippen LogP) is 5.55. The van der Waals surface area contributed by atoms with Gasteiger partial charge in [0.05, 0.1) is 5.69 Å². The Labute approximate surface area is 202 Å². The van der Waals surface area contributed by atoms with Crippen LogP contribution in [-0.4, -0.2) is 41.3 Å². The number of nitrogens with zero attached hydrogens (tertiary/aromatic N) is 2. The van der Waals surface area contributed by atoms with Crippen LogP contribution in [0.15, 0.2) is 77.3 Å². The van der Waals surface area contributed by atoms with Gasteiger partial charge in [-0.05, 0) is 56.6 Å². The highest BCUT2D eigenvalue weighted by atomic mass is 19.1. The number of benzene rings is 3. The largest absolute Gasteiger partial charge is 0.356 e. The molecule has 0 N–H and O–H groups in total. The van der Waals surface area contributed by atoms with E-state index in [2.05, 4.69) is 10.1 Å². The van der Waals surface area contributed by atoms with Crippen molar-refractivity contribution < 1.29 is 18.5 Å². The minimum absolute atomic E-state index is 0.0968. The Bertz CT molecular complexity index is 1390. The fourth-order valence-corrected chi connectivity index (χ4v) is 5.78. The molecule has 176 valence electrons. The highest BCUT2D eigenvalue weighted by Crippen LogP contribution is 2.43. The van der Waals surface area contributed by atoms with Gasteiger partial charge in [-0.25, -0.2) is 4.39 Å². The molecule has 4 aromatic rings. The summed E-state index contributed by atoms with van der Waals surface area (Å²) >= 11 is 0. The Morgan fingerprint density at radius 3 is 2.26 bits per heavy atom. The third-order valence-corrected chi connectivity index (χ3v) is 7.70. The molecule has 0 bridgehead atoms. The molecule has 6 heteroatoms. The summed E-state index contributed by atoms with van der Waals surface area (Å²) < 4.78 is 18.9. The lowest BCUT2D eigenvalue weighted by Crippen LogP contribution is -2.43. The summed E-state index contributed by atoms with van der Waals surface area (Å²) in [4.78, 5) is 29.7. The van der Waals surface area contributed by atoms with Gasteiger partial charge in [0.15, 0.2) is 17.1 Å². The fraction of sp³-hybridized carbons (Fsp3) is 0.276. The summed E-state index contributed by atoms with van der Waals surface area (Å²) in [6.07, 6.45) is 2.22. The minimum Gasteiger partial charge on any atom is -0.356 e. The fourth-order valence-electron chi connectivity index (χ4n) is 5.78. The zero-order valence-corrected chi connectivity index (χ0v) is 19.2. The van der Waals surface area contributed by atoms with Crippen LogP contribution < -0.4 is 0 Å². The number of likely N-dealkylation sites (tertiary alicyclic amines) is 1. The molecule has 0 atom stereocenters. The summed E-state index contributed by atoms with van der Waals surface area (Å²) in [5.74, 6) is -0.290. The zero-order chi connectivity index (χ0) is 24.0. The van der Waals surface area contributed by atoms with Crippen molar-refractivity contribution in [2.24, 2.45) is 0 Å². The molecule has 0 unspecified atom stereocenters. The standard InChI is InChI=1S/C29H25FN2O3/c30-21-10-11-24-25(18-21)35-31-26(24)19-12-15-32(16-13-19)17-14-29(20-6-2-1-3-7-20)27(33)22-8-4-5-9-23(22)28(29)34/h1-11,18-19H,12-17H2. The molecule has 6 rings (SSSR count). The number of aromatic nitrogens is 1. The average Bonchev–Trinajstić information content (AvgIpc) is 3.41. The number of rotatable bonds is 5. The molecule has 0 spiro atoms. The summed E-state index contributed by atoms with van der Waals surface area (Å²) in [6, 6.07) is 21.2. The topological polar surface area (TPSA) is 63.4 Å². The quantitative estimate of drug-likeness (QED) is 0.359. The maximum absolute atomic E-state index is 13.7. The first-order chi connectivity index (χ1) is 17.1. The lowest BCUT2D eigenvalue weighted by Gasteiger charge is -2.34. The van der Waals surface area contributed by atoms with Gasteiger partial charge in [0.1, 0.15) is 11.2 Å². The molecule has 35 heavy (non-hydrogen) atoms. The summed E-state index contributed by atoms with van der Waals surface area (Å²) in [6.45, 7) is 2.32. The smallest absolute Gasteiger partial charge is 0.181 e. The average molecular weight is 469 g/mol. The Morgan fingerprint density at radius 1 is 0.914 bits per heavy atom. The maximum Gasteiger partial charge on any atom is 0.181 e. The normalized spacial score (nSPS) is 18.3. The number of ketones is 2. The SMILES string of the molecule is O=C1c2ccccc2C(=O)C1(CCN1CCC(c2noc3cc(F)ccc23)CC1)c1ccccc1. The number of carbonyl (C=O) groups excluding carboxylic acids is 2. The van der Waals surface area contributed by atoms with Crippen LogP contribution in [0.2, 0.25) is 0 Å². The number of Topliss-reactive ketones (excluding diaryl/α,β-unsaturated/α-hetero) is 2. The van der Waals surface area contributed by atoms with Crippen molar-refractivity contribution in [2.75, 3.05) is 19.6 Å². The van der Waals surface area contributed by atoms with E-state index in [0.717, 1.165) is 42.6 Å². The molecule has 3 aromatic carbocycles. The van der Waals surface area contributed by atoms with Crippen LogP contribution in [0.25, 0.3) is 11.0 Å². The van der Waals surface area contributed by atoms with E-state index in [-0.39, 0.29) is 23.3 Å².